The topological polar surface area (TPSA) is 45.7 Å². The molecular weight excluding hydrogens is 350 g/mol. The minimum atomic E-state index is 0.296. The summed E-state index contributed by atoms with van der Waals surface area (Å²) in [5.74, 6) is 1.77. The van der Waals surface area contributed by atoms with E-state index in [4.69, 9.17) is 4.74 Å². The molecule has 0 N–H and O–H groups in total. The van der Waals surface area contributed by atoms with E-state index in [1.807, 2.05) is 30.5 Å². The highest BCUT2D eigenvalue weighted by Gasteiger charge is 2.36. The molecule has 5 rings (SSSR count). The number of benzene rings is 1. The number of ether oxygens (including phenoxy) is 1. The predicted molar refractivity (Wildman–Crippen MR) is 109 cm³/mol. The Morgan fingerprint density at radius 2 is 1.96 bits per heavy atom. The van der Waals surface area contributed by atoms with Gasteiger partial charge in [0.05, 0.1) is 7.11 Å². The first kappa shape index (κ1) is 18.9. The number of amides is 1. The van der Waals surface area contributed by atoms with Crippen molar-refractivity contribution in [1.29, 1.82) is 0 Å². The van der Waals surface area contributed by atoms with Crippen molar-refractivity contribution in [3.63, 3.8) is 0 Å². The van der Waals surface area contributed by atoms with Crippen LogP contribution in [0.1, 0.15) is 30.4 Å². The number of methoxy groups -OCH3 is 1. The summed E-state index contributed by atoms with van der Waals surface area (Å²) in [5.41, 5.74) is 2.44. The second kappa shape index (κ2) is 8.74. The molecule has 0 spiro atoms. The van der Waals surface area contributed by atoms with Gasteiger partial charge in [-0.1, -0.05) is 18.2 Å². The Morgan fingerprint density at radius 1 is 1.11 bits per heavy atom. The summed E-state index contributed by atoms with van der Waals surface area (Å²) in [6.45, 7) is 3.90. The average Bonchev–Trinajstić information content (AvgIpc) is 3.04. The molecule has 2 aromatic rings. The fourth-order valence-corrected chi connectivity index (χ4v) is 4.54. The fraction of sp³-hybridized carbons (Fsp3) is 0.478. The van der Waals surface area contributed by atoms with Crippen molar-refractivity contribution >= 4 is 5.91 Å². The highest BCUT2D eigenvalue weighted by Crippen LogP contribution is 2.29. The van der Waals surface area contributed by atoms with Crippen LogP contribution in [0, 0.1) is 5.92 Å². The van der Waals surface area contributed by atoms with Gasteiger partial charge < -0.3 is 9.64 Å². The summed E-state index contributed by atoms with van der Waals surface area (Å²) < 4.78 is 5.26. The molecule has 3 aliphatic rings. The minimum Gasteiger partial charge on any atom is -0.497 e. The quantitative estimate of drug-likeness (QED) is 0.774. The van der Waals surface area contributed by atoms with Crippen molar-refractivity contribution in [3.8, 4) is 5.75 Å². The molecule has 3 saturated heterocycles. The lowest BCUT2D eigenvalue weighted by Gasteiger charge is -2.36. The lowest BCUT2D eigenvalue weighted by Crippen LogP contribution is -2.47. The highest BCUT2D eigenvalue weighted by molar-refractivity contribution is 5.77. The number of piperidine rings is 1. The summed E-state index contributed by atoms with van der Waals surface area (Å²) in [5, 5.41) is 0. The third-order valence-corrected chi connectivity index (χ3v) is 6.03. The Labute approximate surface area is 167 Å². The first-order valence-corrected chi connectivity index (χ1v) is 10.2. The molecule has 0 radical (unpaired) electrons. The van der Waals surface area contributed by atoms with Crippen molar-refractivity contribution in [3.05, 3.63) is 59.9 Å². The number of fused-ring (bicyclic) bond motifs is 4. The van der Waals surface area contributed by atoms with Crippen molar-refractivity contribution in [1.82, 2.24) is 14.8 Å². The van der Waals surface area contributed by atoms with Gasteiger partial charge in [0, 0.05) is 51.0 Å². The molecule has 3 aliphatic heterocycles. The van der Waals surface area contributed by atoms with Crippen molar-refractivity contribution in [2.24, 2.45) is 5.92 Å². The predicted octanol–water partition coefficient (Wildman–Crippen LogP) is 3.15. The molecule has 1 amide bonds. The first-order chi connectivity index (χ1) is 13.7. The Kier molecular flexibility index (Phi) is 5.91. The van der Waals surface area contributed by atoms with Gasteiger partial charge in [0.2, 0.25) is 5.91 Å². The van der Waals surface area contributed by atoms with E-state index >= 15 is 0 Å². The van der Waals surface area contributed by atoms with Crippen LogP contribution >= 0.6 is 0 Å². The molecule has 28 heavy (non-hydrogen) atoms. The Bertz CT molecular complexity index is 778. The summed E-state index contributed by atoms with van der Waals surface area (Å²) in [7, 11) is 1.70. The number of hydrogen-bond acceptors (Lipinski definition) is 4. The van der Waals surface area contributed by atoms with E-state index in [9.17, 15) is 4.79 Å². The largest absolute Gasteiger partial charge is 0.497 e. The second-order valence-corrected chi connectivity index (χ2v) is 8.05. The molecule has 5 nitrogen and oxygen atoms in total. The van der Waals surface area contributed by atoms with E-state index in [1.165, 1.54) is 12.0 Å². The van der Waals surface area contributed by atoms with E-state index in [-0.39, 0.29) is 0 Å². The van der Waals surface area contributed by atoms with Crippen molar-refractivity contribution in [2.45, 2.75) is 38.3 Å². The summed E-state index contributed by atoms with van der Waals surface area (Å²) in [6, 6.07) is 12.7. The standard InChI is InChI=1S/C23H29N3O2/c1-28-22-9-5-19(6-10-22)14-25-15-20-4-8-21(17-25)26(16-20)23(27)11-7-18-3-2-12-24-13-18/h2-3,5-6,9-10,12-13,20-21H,4,7-8,11,14-17H2,1H3/t20-,21+/m0/s1. The number of carbonyl (C=O) groups is 1. The Hall–Kier alpha value is -2.40. The number of carbonyl (C=O) groups excluding carboxylic acids is 1. The molecule has 2 atom stereocenters. The molecule has 1 aromatic carbocycles. The smallest absolute Gasteiger partial charge is 0.223 e. The molecule has 0 saturated carbocycles. The van der Waals surface area contributed by atoms with Crippen LogP contribution in [-0.4, -0.2) is 53.5 Å². The second-order valence-electron chi connectivity index (χ2n) is 8.05. The van der Waals surface area contributed by atoms with Crippen molar-refractivity contribution < 1.29 is 9.53 Å². The normalized spacial score (nSPS) is 22.1. The third kappa shape index (κ3) is 4.53. The molecular formula is C23H29N3O2. The number of pyridine rings is 1. The van der Waals surface area contributed by atoms with Crippen LogP contribution in [-0.2, 0) is 17.8 Å². The van der Waals surface area contributed by atoms with Gasteiger partial charge in [-0.2, -0.15) is 0 Å². The van der Waals surface area contributed by atoms with Crippen LogP contribution in [0.3, 0.4) is 0 Å². The monoisotopic (exact) mass is 379 g/mol. The van der Waals surface area contributed by atoms with Crippen LogP contribution in [0.5, 0.6) is 5.75 Å². The molecule has 5 heteroatoms. The minimum absolute atomic E-state index is 0.296. The maximum atomic E-state index is 12.9. The average molecular weight is 380 g/mol. The van der Waals surface area contributed by atoms with Crippen LogP contribution in [0.25, 0.3) is 0 Å². The van der Waals surface area contributed by atoms with Gasteiger partial charge in [-0.3, -0.25) is 14.7 Å². The van der Waals surface area contributed by atoms with Gasteiger partial charge in [-0.05, 0) is 54.5 Å². The molecule has 0 unspecified atom stereocenters. The maximum absolute atomic E-state index is 12.9. The molecule has 2 bridgehead atoms. The lowest BCUT2D eigenvalue weighted by molar-refractivity contribution is -0.135. The van der Waals surface area contributed by atoms with Crippen LogP contribution in [0.4, 0.5) is 0 Å². The fourth-order valence-electron chi connectivity index (χ4n) is 4.54. The molecule has 3 fully saturated rings. The lowest BCUT2D eigenvalue weighted by atomic mass is 9.94. The maximum Gasteiger partial charge on any atom is 0.223 e. The number of rotatable bonds is 6. The van der Waals surface area contributed by atoms with Crippen LogP contribution in [0.2, 0.25) is 0 Å². The van der Waals surface area contributed by atoms with E-state index in [2.05, 4.69) is 26.9 Å². The molecule has 0 aliphatic carbocycles. The number of hydrogen-bond donors (Lipinski definition) is 0. The highest BCUT2D eigenvalue weighted by atomic mass is 16.5. The summed E-state index contributed by atoms with van der Waals surface area (Å²) in [6.07, 6.45) is 7.34. The van der Waals surface area contributed by atoms with E-state index in [0.29, 0.717) is 24.3 Å². The summed E-state index contributed by atoms with van der Waals surface area (Å²) in [4.78, 5) is 21.8. The van der Waals surface area contributed by atoms with Crippen LogP contribution in [0.15, 0.2) is 48.8 Å². The van der Waals surface area contributed by atoms with Gasteiger partial charge in [-0.25, -0.2) is 0 Å². The van der Waals surface area contributed by atoms with Gasteiger partial charge in [0.25, 0.3) is 0 Å². The molecule has 148 valence electrons. The zero-order valence-electron chi connectivity index (χ0n) is 16.6. The zero-order valence-corrected chi connectivity index (χ0v) is 16.6. The van der Waals surface area contributed by atoms with Crippen LogP contribution < -0.4 is 4.74 Å². The van der Waals surface area contributed by atoms with E-state index < -0.39 is 0 Å². The molecule has 4 heterocycles. The number of aromatic nitrogens is 1. The number of nitrogens with zero attached hydrogens (tertiary/aromatic N) is 3. The van der Waals surface area contributed by atoms with Gasteiger partial charge in [-0.15, -0.1) is 0 Å². The van der Waals surface area contributed by atoms with Gasteiger partial charge in [0.1, 0.15) is 5.75 Å². The Balaban J connectivity index is 1.36. The van der Waals surface area contributed by atoms with Crippen molar-refractivity contribution in [2.75, 3.05) is 26.7 Å². The first-order valence-electron chi connectivity index (χ1n) is 10.2. The molecule has 1 aromatic heterocycles. The number of aryl methyl sites for hydroxylation is 1. The zero-order chi connectivity index (χ0) is 19.3. The van der Waals surface area contributed by atoms with E-state index in [1.54, 1.807) is 13.3 Å². The third-order valence-electron chi connectivity index (χ3n) is 6.03. The van der Waals surface area contributed by atoms with E-state index in [0.717, 1.165) is 50.3 Å². The van der Waals surface area contributed by atoms with Gasteiger partial charge >= 0.3 is 0 Å². The summed E-state index contributed by atoms with van der Waals surface area (Å²) >= 11 is 0. The Morgan fingerprint density at radius 3 is 2.71 bits per heavy atom. The SMILES string of the molecule is COc1ccc(CN2C[C@@H]3CC[C@H](C2)N(C(=O)CCc2cccnc2)C3)cc1. The van der Waals surface area contributed by atoms with Gasteiger partial charge in [0.15, 0.2) is 0 Å².